The number of aromatic nitrogens is 3. The molecule has 0 radical (unpaired) electrons. The summed E-state index contributed by atoms with van der Waals surface area (Å²) >= 11 is 0. The number of nitrogens with zero attached hydrogens (tertiary/aromatic N) is 3. The van der Waals surface area contributed by atoms with E-state index in [1.807, 2.05) is 0 Å². The summed E-state index contributed by atoms with van der Waals surface area (Å²) in [5.41, 5.74) is 1.49. The first-order valence-electron chi connectivity index (χ1n) is 7.49. The highest BCUT2D eigenvalue weighted by Crippen LogP contribution is 2.26. The van der Waals surface area contributed by atoms with Gasteiger partial charge in [-0.15, -0.1) is 0 Å². The van der Waals surface area contributed by atoms with Crippen molar-refractivity contribution < 1.29 is 17.5 Å². The van der Waals surface area contributed by atoms with Crippen LogP contribution in [0.3, 0.4) is 0 Å². The summed E-state index contributed by atoms with van der Waals surface area (Å²) < 4.78 is 33.4. The van der Waals surface area contributed by atoms with Crippen molar-refractivity contribution in [2.45, 2.75) is 31.1 Å². The minimum absolute atomic E-state index is 0.235. The molecule has 126 valence electrons. The second-order valence-electron chi connectivity index (χ2n) is 5.65. The Balaban J connectivity index is 1.87. The molecule has 3 aromatic rings. The first-order chi connectivity index (χ1) is 11.4. The molecule has 0 aliphatic rings. The van der Waals surface area contributed by atoms with E-state index in [9.17, 15) is 8.42 Å². The molecule has 0 aliphatic carbocycles. The van der Waals surface area contributed by atoms with Crippen molar-refractivity contribution in [3.8, 4) is 23.0 Å². The Morgan fingerprint density at radius 2 is 1.83 bits per heavy atom. The highest BCUT2D eigenvalue weighted by atomic mass is 32.2. The van der Waals surface area contributed by atoms with Gasteiger partial charge in [-0.2, -0.15) is 4.98 Å². The smallest absolute Gasteiger partial charge is 0.296 e. The van der Waals surface area contributed by atoms with Gasteiger partial charge in [0.15, 0.2) is 9.84 Å². The molecular weight excluding hydrogens is 330 g/mol. The average Bonchev–Trinajstić information content (AvgIpc) is 3.22. The third-order valence-corrected chi connectivity index (χ3v) is 4.95. The maximum absolute atomic E-state index is 11.5. The molecule has 0 N–H and O–H groups in total. The predicted octanol–water partition coefficient (Wildman–Crippen LogP) is 3.31. The maximum atomic E-state index is 11.5. The lowest BCUT2D eigenvalue weighted by atomic mass is 10.1. The van der Waals surface area contributed by atoms with E-state index in [1.54, 1.807) is 18.2 Å². The summed E-state index contributed by atoms with van der Waals surface area (Å²) in [6, 6.07) is 8.08. The number of sulfone groups is 1. The van der Waals surface area contributed by atoms with Crippen LogP contribution in [-0.2, 0) is 9.84 Å². The molecule has 1 atom stereocenters. The summed E-state index contributed by atoms with van der Waals surface area (Å²) in [5, 5.41) is 7.92. The molecule has 0 unspecified atom stereocenters. The van der Waals surface area contributed by atoms with Crippen LogP contribution in [0.2, 0.25) is 0 Å². The van der Waals surface area contributed by atoms with Gasteiger partial charge >= 0.3 is 0 Å². The van der Waals surface area contributed by atoms with E-state index in [1.165, 1.54) is 12.1 Å². The predicted molar refractivity (Wildman–Crippen MR) is 87.0 cm³/mol. The van der Waals surface area contributed by atoms with Gasteiger partial charge in [-0.1, -0.05) is 24.2 Å². The Morgan fingerprint density at radius 3 is 2.46 bits per heavy atom. The Bertz CT molecular complexity index is 942. The normalized spacial score (nSPS) is 13.1. The lowest BCUT2D eigenvalue weighted by Crippen LogP contribution is -1.96. The van der Waals surface area contributed by atoms with Crippen molar-refractivity contribution in [2.75, 3.05) is 6.26 Å². The molecule has 8 heteroatoms. The molecule has 7 nitrogen and oxygen atoms in total. The van der Waals surface area contributed by atoms with Gasteiger partial charge in [-0.25, -0.2) is 8.42 Å². The minimum atomic E-state index is -3.24. The second-order valence-corrected chi connectivity index (χ2v) is 7.66. The number of hydrogen-bond donors (Lipinski definition) is 0. The van der Waals surface area contributed by atoms with Crippen LogP contribution in [0.1, 0.15) is 31.9 Å². The van der Waals surface area contributed by atoms with Crippen LogP contribution >= 0.6 is 0 Å². The van der Waals surface area contributed by atoms with Gasteiger partial charge in [-0.05, 0) is 30.7 Å². The summed E-state index contributed by atoms with van der Waals surface area (Å²) in [7, 11) is -3.24. The van der Waals surface area contributed by atoms with Crippen LogP contribution < -0.4 is 0 Å². The number of rotatable bonds is 5. The van der Waals surface area contributed by atoms with Crippen molar-refractivity contribution in [3.63, 3.8) is 0 Å². The fourth-order valence-corrected chi connectivity index (χ4v) is 2.75. The molecule has 24 heavy (non-hydrogen) atoms. The Labute approximate surface area is 139 Å². The van der Waals surface area contributed by atoms with Crippen molar-refractivity contribution >= 4 is 9.84 Å². The standard InChI is InChI=1S/C16H17N3O4S/c1-4-10(2)13-9-14(22-18-13)16-17-15(19-23-16)11-5-7-12(8-6-11)24(3,20)21/h5-10H,4H2,1-3H3/t10-/m1/s1. The van der Waals surface area contributed by atoms with Crippen molar-refractivity contribution in [1.82, 2.24) is 15.3 Å². The molecule has 0 bridgehead atoms. The third kappa shape index (κ3) is 3.23. The maximum Gasteiger partial charge on any atom is 0.296 e. The van der Waals surface area contributed by atoms with Crippen LogP contribution in [0.25, 0.3) is 23.0 Å². The van der Waals surface area contributed by atoms with E-state index < -0.39 is 9.84 Å². The minimum Gasteiger partial charge on any atom is -0.351 e. The van der Waals surface area contributed by atoms with E-state index in [-0.39, 0.29) is 16.7 Å². The molecule has 0 saturated carbocycles. The highest BCUT2D eigenvalue weighted by molar-refractivity contribution is 7.90. The number of benzene rings is 1. The van der Waals surface area contributed by atoms with Crippen LogP contribution in [0.15, 0.2) is 44.3 Å². The van der Waals surface area contributed by atoms with Crippen LogP contribution in [0.4, 0.5) is 0 Å². The third-order valence-electron chi connectivity index (χ3n) is 3.82. The monoisotopic (exact) mass is 347 g/mol. The topological polar surface area (TPSA) is 99.1 Å². The zero-order valence-electron chi connectivity index (χ0n) is 13.6. The van der Waals surface area contributed by atoms with E-state index >= 15 is 0 Å². The SMILES string of the molecule is CC[C@@H](C)c1cc(-c2nc(-c3ccc(S(C)(=O)=O)cc3)no2)on1. The van der Waals surface area contributed by atoms with Gasteiger partial charge in [0, 0.05) is 23.8 Å². The molecule has 0 aliphatic heterocycles. The summed E-state index contributed by atoms with van der Waals surface area (Å²) in [5.74, 6) is 1.29. The fourth-order valence-electron chi connectivity index (χ4n) is 2.12. The average molecular weight is 347 g/mol. The van der Waals surface area contributed by atoms with Crippen LogP contribution in [-0.4, -0.2) is 30.0 Å². The van der Waals surface area contributed by atoms with E-state index in [4.69, 9.17) is 9.05 Å². The van der Waals surface area contributed by atoms with Crippen LogP contribution in [0.5, 0.6) is 0 Å². The van der Waals surface area contributed by atoms with Gasteiger partial charge in [-0.3, -0.25) is 0 Å². The molecule has 1 aromatic carbocycles. The van der Waals surface area contributed by atoms with E-state index in [0.29, 0.717) is 17.1 Å². The number of hydrogen-bond acceptors (Lipinski definition) is 7. The van der Waals surface area contributed by atoms with Gasteiger partial charge in [0.1, 0.15) is 0 Å². The van der Waals surface area contributed by atoms with E-state index in [0.717, 1.165) is 18.4 Å². The Morgan fingerprint density at radius 1 is 1.12 bits per heavy atom. The van der Waals surface area contributed by atoms with Gasteiger partial charge in [0.05, 0.1) is 10.6 Å². The van der Waals surface area contributed by atoms with Crippen molar-refractivity contribution in [1.29, 1.82) is 0 Å². The van der Waals surface area contributed by atoms with Gasteiger partial charge < -0.3 is 9.05 Å². The second kappa shape index (κ2) is 6.20. The molecule has 0 fully saturated rings. The fraction of sp³-hybridized carbons (Fsp3) is 0.312. The summed E-state index contributed by atoms with van der Waals surface area (Å²) in [4.78, 5) is 4.52. The first-order valence-corrected chi connectivity index (χ1v) is 9.39. The quantitative estimate of drug-likeness (QED) is 0.698. The molecule has 2 heterocycles. The van der Waals surface area contributed by atoms with E-state index in [2.05, 4.69) is 29.1 Å². The molecule has 0 saturated heterocycles. The molecule has 0 spiro atoms. The van der Waals surface area contributed by atoms with Crippen LogP contribution in [0, 0.1) is 0 Å². The molecule has 2 aromatic heterocycles. The summed E-state index contributed by atoms with van der Waals surface area (Å²) in [6.07, 6.45) is 2.11. The van der Waals surface area contributed by atoms with Gasteiger partial charge in [0.2, 0.25) is 11.6 Å². The largest absolute Gasteiger partial charge is 0.351 e. The lowest BCUT2D eigenvalue weighted by molar-refractivity contribution is 0.379. The summed E-state index contributed by atoms with van der Waals surface area (Å²) in [6.45, 7) is 4.13. The first kappa shape index (κ1) is 16.4. The zero-order valence-corrected chi connectivity index (χ0v) is 14.4. The molecular formula is C16H17N3O4S. The molecule has 3 rings (SSSR count). The highest BCUT2D eigenvalue weighted by Gasteiger charge is 2.18. The van der Waals surface area contributed by atoms with Crippen molar-refractivity contribution in [3.05, 3.63) is 36.0 Å². The molecule has 0 amide bonds. The zero-order chi connectivity index (χ0) is 17.3. The Hall–Kier alpha value is -2.48. The lowest BCUT2D eigenvalue weighted by Gasteiger charge is -1.99. The van der Waals surface area contributed by atoms with Gasteiger partial charge in [0.25, 0.3) is 5.89 Å². The Kier molecular flexibility index (Phi) is 4.23. The van der Waals surface area contributed by atoms with Crippen molar-refractivity contribution in [2.24, 2.45) is 0 Å².